The first-order valence-electron chi connectivity index (χ1n) is 42.4. The van der Waals surface area contributed by atoms with Crippen LogP contribution in [-0.4, -0.2) is 252 Å². The Balaban J connectivity index is 0.000000301. The van der Waals surface area contributed by atoms with E-state index >= 15 is 0 Å². The lowest BCUT2D eigenvalue weighted by atomic mass is 9.89. The quantitative estimate of drug-likeness (QED) is 0.106. The van der Waals surface area contributed by atoms with Crippen molar-refractivity contribution in [2.75, 3.05) is 39.3 Å². The zero-order valence-electron chi connectivity index (χ0n) is 75.0. The zero-order valence-corrected chi connectivity index (χ0v) is 75.0. The minimum atomic E-state index is -1.29. The van der Waals surface area contributed by atoms with E-state index in [1.165, 1.54) is 88.0 Å². The molecule has 47 nitrogen and oxygen atoms in total. The highest BCUT2D eigenvalue weighted by atomic mass is 16.5. The van der Waals surface area contributed by atoms with Crippen LogP contribution in [0.5, 0.6) is 0 Å². The van der Waals surface area contributed by atoms with Gasteiger partial charge in [-0.1, -0.05) is 58.5 Å². The van der Waals surface area contributed by atoms with Gasteiger partial charge in [0.1, 0.15) is 67.8 Å². The molecule has 47 heteroatoms. The second-order valence-electron chi connectivity index (χ2n) is 32.7. The van der Waals surface area contributed by atoms with Gasteiger partial charge in [0.25, 0.3) is 109 Å². The van der Waals surface area contributed by atoms with Gasteiger partial charge in [-0.25, -0.2) is 0 Å². The summed E-state index contributed by atoms with van der Waals surface area (Å²) in [4.78, 5) is 257. The molecule has 12 unspecified atom stereocenters. The number of hydrogen-bond donors (Lipinski definition) is 16. The summed E-state index contributed by atoms with van der Waals surface area (Å²) in [5.41, 5.74) is -14.2. The molecule has 0 saturated heterocycles. The molecule has 12 atom stereocenters. The van der Waals surface area contributed by atoms with Gasteiger partial charge in [0.05, 0.1) is 18.0 Å². The number of carbonyl (C=O) groups is 11. The molecule has 14 rings (SSSR count). The Morgan fingerprint density at radius 3 is 0.903 bits per heavy atom. The Kier molecular flexibility index (Phi) is 32.9. The fourth-order valence-electron chi connectivity index (χ4n) is 15.1. The number of carbonyl (C=O) groups excluding carboxylic acids is 11. The van der Waals surface area contributed by atoms with E-state index in [-0.39, 0.29) is 137 Å². The van der Waals surface area contributed by atoms with E-state index in [1.54, 1.807) is 69.2 Å². The third-order valence-electron chi connectivity index (χ3n) is 24.0. The van der Waals surface area contributed by atoms with Crippen molar-refractivity contribution in [3.63, 3.8) is 0 Å². The van der Waals surface area contributed by atoms with E-state index < -0.39 is 221 Å². The predicted octanol–water partition coefficient (Wildman–Crippen LogP) is 0.359. The van der Waals surface area contributed by atoms with Crippen molar-refractivity contribution in [2.45, 2.75) is 157 Å². The molecule has 0 radical (unpaired) electrons. The first-order valence-corrected chi connectivity index (χ1v) is 42.4. The first kappa shape index (κ1) is 101. The van der Waals surface area contributed by atoms with Crippen molar-refractivity contribution in [3.8, 4) is 0 Å². The Morgan fingerprint density at radius 2 is 0.567 bits per heavy atom. The number of amides is 11. The summed E-state index contributed by atoms with van der Waals surface area (Å²) in [6.45, 7) is 23.3. The van der Waals surface area contributed by atoms with Crippen LogP contribution in [-0.2, 0) is 0 Å². The van der Waals surface area contributed by atoms with Crippen molar-refractivity contribution in [2.24, 2.45) is 23.7 Å². The number of pyridine rings is 8. The van der Waals surface area contributed by atoms with Gasteiger partial charge < -0.3 is 104 Å². The fraction of sp³-hybridized carbons (Fsp3) is 0.391. The van der Waals surface area contributed by atoms with Gasteiger partial charge in [0.15, 0.2) is 0 Å². The number of hydrogen-bond acceptors (Lipinski definition) is 28. The van der Waals surface area contributed by atoms with Crippen LogP contribution in [0.2, 0.25) is 0 Å². The molecule has 716 valence electrons. The van der Waals surface area contributed by atoms with Crippen molar-refractivity contribution in [3.05, 3.63) is 279 Å². The van der Waals surface area contributed by atoms with Gasteiger partial charge in [0.2, 0.25) is 0 Å². The molecule has 6 aliphatic heterocycles. The molecule has 134 heavy (non-hydrogen) atoms. The highest BCUT2D eigenvalue weighted by Gasteiger charge is 2.40. The normalized spacial score (nSPS) is 21.8. The van der Waals surface area contributed by atoms with Crippen molar-refractivity contribution in [1.82, 2.24) is 100.0 Å². The minimum absolute atomic E-state index is 0.0178. The molecule has 0 aromatic carbocycles. The standard InChI is InChI=1S/C44H54N10O13.C43H52N10O14/c1-23-19-22-49(43(62)34-11-8-13-36(55)51(34)64)21-10-20-45-26(4)32-17-15-30(41(60)53(32)66)38(57)47-29(7)48-39(58)31-16-18-33(54(67)42(31)61)40(59)46-25(3)24(2)28(6)50(27(23)5)44(63)35-12-9-14-37(56)52(35)65;1-22-18-21-48(42(62)32-10-7-12-34(54)50(32)64)20-9-19-44-36(56)28-14-16-30(52(66)40(28)60)38(58)46-27(6)47-39(59)31-17-15-29(41(61)53(31)67)37(57)45-24(3)23(2)26(5)49(25(22)4)43(63)33-11-8-13-35(55)51(33)65/h8-9,11-18,23-25,27-29,45,64-67H,4,10,19-22H2,1-3,5-7H3,(H,46,59)(H,47,57)(H,48,58);7-8,10-17,22-27,64-67H,9,18-21H2,1-6H3,(H,44,56)(H,45,57)(H,46,58)(H,47,59). The highest BCUT2D eigenvalue weighted by Crippen LogP contribution is 2.29. The van der Waals surface area contributed by atoms with Crippen molar-refractivity contribution < 1.29 is 94.4 Å². The molecule has 0 fully saturated rings. The zero-order chi connectivity index (χ0) is 99.2. The van der Waals surface area contributed by atoms with E-state index in [1.807, 2.05) is 0 Å². The summed E-state index contributed by atoms with van der Waals surface area (Å²) >= 11 is 0. The molecule has 11 amide bonds. The van der Waals surface area contributed by atoms with Gasteiger partial charge in [-0.3, -0.25) is 91.1 Å². The molecular weight excluding hydrogens is 1760 g/mol. The molecule has 16 N–H and O–H groups in total. The molecule has 8 bridgehead atoms. The molecular formula is C87H106N20O27. The predicted molar refractivity (Wildman–Crippen MR) is 472 cm³/mol. The van der Waals surface area contributed by atoms with E-state index in [4.69, 9.17) is 0 Å². The maximum Gasteiger partial charge on any atom is 0.296 e. The second-order valence-corrected chi connectivity index (χ2v) is 32.7. The number of rotatable bonds is 4. The Morgan fingerprint density at radius 1 is 0.299 bits per heavy atom. The number of aromatic nitrogens is 8. The maximum atomic E-state index is 14.4. The lowest BCUT2D eigenvalue weighted by Gasteiger charge is -2.42. The third kappa shape index (κ3) is 22.6. The first-order chi connectivity index (χ1) is 63.1. The third-order valence-corrected chi connectivity index (χ3v) is 24.0. The Hall–Kier alpha value is -16.3. The summed E-state index contributed by atoms with van der Waals surface area (Å²) in [6, 6.07) is 18.0. The second kappa shape index (κ2) is 43.4. The lowest BCUT2D eigenvalue weighted by molar-refractivity contribution is 0.0350. The summed E-state index contributed by atoms with van der Waals surface area (Å²) in [7, 11) is 0. The van der Waals surface area contributed by atoms with Gasteiger partial charge in [-0.15, -0.1) is 37.8 Å². The smallest absolute Gasteiger partial charge is 0.296 e. The van der Waals surface area contributed by atoms with Crippen LogP contribution in [0.25, 0.3) is 5.70 Å². The summed E-state index contributed by atoms with van der Waals surface area (Å²) in [5.74, 6) is -12.3. The largest absolute Gasteiger partial charge is 0.425 e. The molecule has 0 aliphatic carbocycles. The van der Waals surface area contributed by atoms with Crippen LogP contribution in [0, 0.1) is 23.7 Å². The Bertz CT molecular complexity index is 6420. The van der Waals surface area contributed by atoms with Crippen LogP contribution in [0.4, 0.5) is 0 Å². The number of nitrogens with zero attached hydrogens (tertiary/aromatic N) is 12. The van der Waals surface area contributed by atoms with Crippen LogP contribution < -0.4 is 87.0 Å². The number of fused-ring (bicyclic) bond motifs is 4. The van der Waals surface area contributed by atoms with E-state index in [0.29, 0.717) is 0 Å². The molecule has 8 aromatic rings. The van der Waals surface area contributed by atoms with Gasteiger partial charge in [-0.05, 0) is 178 Å². The summed E-state index contributed by atoms with van der Waals surface area (Å²) < 4.78 is 0.833. The molecule has 14 heterocycles. The van der Waals surface area contributed by atoms with E-state index in [2.05, 4.69) is 49.1 Å². The van der Waals surface area contributed by atoms with Crippen LogP contribution in [0.1, 0.15) is 229 Å². The van der Waals surface area contributed by atoms with Crippen molar-refractivity contribution in [1.29, 1.82) is 0 Å². The monoisotopic (exact) mass is 1860 g/mol. The van der Waals surface area contributed by atoms with E-state index in [0.717, 1.165) is 66.7 Å². The average Bonchev–Trinajstić information content (AvgIpc) is 0.804. The molecule has 0 saturated carbocycles. The maximum absolute atomic E-state index is 14.4. The SMILES string of the molecule is C=C1NCCCN(C(=O)c2cccc(=O)n2O)CCC(C)C(C)N(C(=O)c2cccc(=O)n2O)C(C)C(C)C(C)NC(=O)c2ccc(c(=O)n2O)C(=O)NC(C)NC(=O)c2ccc1n(O)c2=O.CC1NC(=O)c2ccc(c(=O)n2O)C(=O)NCCCN(C(=O)c2cccc(=O)n2O)CCC(C)C(C)N(C(=O)c2cccc(=O)n2O)C(C)C(C)C(C)NC(=O)c2ccc(n(O)c2=O)C(=O)N1. The lowest BCUT2D eigenvalue weighted by Crippen LogP contribution is -2.54. The van der Waals surface area contributed by atoms with Crippen molar-refractivity contribution >= 4 is 70.7 Å². The average molecular weight is 1860 g/mol. The Labute approximate surface area is 760 Å². The minimum Gasteiger partial charge on any atom is -0.425 e. The van der Waals surface area contributed by atoms with Crippen LogP contribution in [0.15, 0.2) is 166 Å². The fourth-order valence-corrected chi connectivity index (χ4v) is 15.1. The van der Waals surface area contributed by atoms with E-state index in [9.17, 15) is 133 Å². The molecule has 0 spiro atoms. The van der Waals surface area contributed by atoms with Gasteiger partial charge in [0, 0.05) is 99.8 Å². The summed E-state index contributed by atoms with van der Waals surface area (Å²) in [6.07, 6.45) is -1.84. The number of nitrogens with one attached hydrogen (secondary N) is 8. The molecule has 8 aromatic heterocycles. The highest BCUT2D eigenvalue weighted by molar-refractivity contribution is 6.01. The van der Waals surface area contributed by atoms with Crippen LogP contribution in [0.3, 0.4) is 0 Å². The van der Waals surface area contributed by atoms with Gasteiger partial charge in [-0.2, -0.15) is 0 Å². The summed E-state index contributed by atoms with van der Waals surface area (Å²) in [5, 5.41) is 105. The topological polar surface area (TPSA) is 635 Å². The van der Waals surface area contributed by atoms with Crippen LogP contribution >= 0.6 is 0 Å². The van der Waals surface area contributed by atoms with Gasteiger partial charge >= 0.3 is 0 Å². The molecule has 6 aliphatic rings.